The molecule has 3 heterocycles. The first-order valence-corrected chi connectivity index (χ1v) is 8.64. The van der Waals surface area contributed by atoms with Gasteiger partial charge < -0.3 is 14.2 Å². The average molecular weight is 422 g/mol. The zero-order valence-corrected chi connectivity index (χ0v) is 15.8. The van der Waals surface area contributed by atoms with Gasteiger partial charge in [0.15, 0.2) is 18.8 Å². The summed E-state index contributed by atoms with van der Waals surface area (Å²) in [7, 11) is 1.42. The van der Waals surface area contributed by atoms with Gasteiger partial charge in [-0.2, -0.15) is 18.3 Å². The van der Waals surface area contributed by atoms with E-state index in [0.717, 1.165) is 4.68 Å². The normalized spacial score (nSPS) is 11.3. The van der Waals surface area contributed by atoms with Crippen molar-refractivity contribution < 1.29 is 32.2 Å². The minimum Gasteiger partial charge on any atom is -0.481 e. The molecule has 0 aliphatic heterocycles. The molecule has 0 radical (unpaired) electrons. The molecule has 0 aromatic carbocycles. The number of rotatable bonds is 9. The van der Waals surface area contributed by atoms with Gasteiger partial charge in [-0.15, -0.1) is 0 Å². The number of pyridine rings is 2. The predicted molar refractivity (Wildman–Crippen MR) is 98.0 cm³/mol. The molecular weight excluding hydrogens is 405 g/mol. The van der Waals surface area contributed by atoms with E-state index in [1.165, 1.54) is 37.8 Å². The van der Waals surface area contributed by atoms with Crippen molar-refractivity contribution in [3.8, 4) is 23.0 Å². The molecule has 30 heavy (non-hydrogen) atoms. The van der Waals surface area contributed by atoms with E-state index >= 15 is 0 Å². The van der Waals surface area contributed by atoms with Crippen molar-refractivity contribution in [2.75, 3.05) is 13.9 Å². The van der Waals surface area contributed by atoms with Gasteiger partial charge in [-0.05, 0) is 12.1 Å². The van der Waals surface area contributed by atoms with Crippen LogP contribution in [0.2, 0.25) is 0 Å². The minimum absolute atomic E-state index is 0.0143. The number of carbonyl (C=O) groups is 1. The van der Waals surface area contributed by atoms with Gasteiger partial charge in [0.2, 0.25) is 5.88 Å². The Kier molecular flexibility index (Phi) is 6.62. The Morgan fingerprint density at radius 1 is 1.20 bits per heavy atom. The maximum Gasteiger partial charge on any atom is 0.408 e. The zero-order valence-electron chi connectivity index (χ0n) is 15.8. The van der Waals surface area contributed by atoms with Crippen LogP contribution in [0.1, 0.15) is 15.9 Å². The van der Waals surface area contributed by atoms with Crippen LogP contribution in [0.5, 0.6) is 11.6 Å². The van der Waals surface area contributed by atoms with Crippen LogP contribution in [0, 0.1) is 0 Å². The van der Waals surface area contributed by atoms with Crippen LogP contribution in [0.25, 0.3) is 11.4 Å². The molecule has 158 valence electrons. The highest BCUT2D eigenvalue weighted by Gasteiger charge is 2.30. The number of hydrogen-bond donors (Lipinski definition) is 0. The maximum absolute atomic E-state index is 12.8. The molecule has 0 unspecified atom stereocenters. The standard InChI is InChI=1S/C19H17F3N4O4/c1-28-17-7-14(9-27)16(8-24-17)30-12-29-10-13-3-2-5-23-18(13)15-4-6-25-26(15)11-19(20,21)22/h2-9H,10-12H2,1H3. The first-order valence-electron chi connectivity index (χ1n) is 8.64. The van der Waals surface area contributed by atoms with Crippen LogP contribution in [0.4, 0.5) is 13.2 Å². The molecule has 0 aliphatic rings. The van der Waals surface area contributed by atoms with E-state index in [-0.39, 0.29) is 36.3 Å². The SMILES string of the molecule is COc1cc(C=O)c(OCOCc2cccnc2-c2ccnn2CC(F)(F)F)cn1. The molecule has 0 amide bonds. The van der Waals surface area contributed by atoms with Crippen LogP contribution >= 0.6 is 0 Å². The van der Waals surface area contributed by atoms with E-state index in [1.807, 2.05) is 0 Å². The van der Waals surface area contributed by atoms with Crippen molar-refractivity contribution in [1.29, 1.82) is 0 Å². The molecule has 3 aromatic rings. The van der Waals surface area contributed by atoms with E-state index in [9.17, 15) is 18.0 Å². The third kappa shape index (κ3) is 5.32. The molecule has 0 spiro atoms. The number of nitrogens with zero attached hydrogens (tertiary/aromatic N) is 4. The second-order valence-corrected chi connectivity index (χ2v) is 5.99. The van der Waals surface area contributed by atoms with Crippen molar-refractivity contribution in [2.45, 2.75) is 19.3 Å². The minimum atomic E-state index is -4.41. The fourth-order valence-corrected chi connectivity index (χ4v) is 2.63. The van der Waals surface area contributed by atoms with E-state index in [1.54, 1.807) is 12.1 Å². The number of aldehydes is 1. The van der Waals surface area contributed by atoms with Crippen LogP contribution in [0.3, 0.4) is 0 Å². The molecule has 0 aliphatic carbocycles. The Morgan fingerprint density at radius 2 is 2.03 bits per heavy atom. The summed E-state index contributed by atoms with van der Waals surface area (Å²) < 4.78 is 55.0. The van der Waals surface area contributed by atoms with E-state index < -0.39 is 12.7 Å². The highest BCUT2D eigenvalue weighted by atomic mass is 19.4. The summed E-state index contributed by atoms with van der Waals surface area (Å²) >= 11 is 0. The Balaban J connectivity index is 1.67. The van der Waals surface area contributed by atoms with Crippen molar-refractivity contribution in [2.24, 2.45) is 0 Å². The Hall–Kier alpha value is -3.47. The summed E-state index contributed by atoms with van der Waals surface area (Å²) in [6.07, 6.45) is 0.265. The van der Waals surface area contributed by atoms with Crippen LogP contribution in [-0.2, 0) is 17.9 Å². The zero-order chi connectivity index (χ0) is 21.6. The Bertz CT molecular complexity index is 1010. The first kappa shape index (κ1) is 21.2. The number of aromatic nitrogens is 4. The van der Waals surface area contributed by atoms with Crippen molar-refractivity contribution in [1.82, 2.24) is 19.7 Å². The van der Waals surface area contributed by atoms with Crippen LogP contribution < -0.4 is 9.47 Å². The van der Waals surface area contributed by atoms with Crippen LogP contribution in [0.15, 0.2) is 42.9 Å². The second kappa shape index (κ2) is 9.35. The molecule has 0 fully saturated rings. The summed E-state index contributed by atoms with van der Waals surface area (Å²) in [5.74, 6) is 0.473. The third-order valence-electron chi connectivity index (χ3n) is 3.94. The predicted octanol–water partition coefficient (Wildman–Crippen LogP) is 3.28. The third-order valence-corrected chi connectivity index (χ3v) is 3.94. The summed E-state index contributed by atoms with van der Waals surface area (Å²) in [6.45, 7) is -1.43. The molecule has 11 heteroatoms. The van der Waals surface area contributed by atoms with E-state index in [0.29, 0.717) is 17.5 Å². The van der Waals surface area contributed by atoms with Gasteiger partial charge in [-0.25, -0.2) is 4.98 Å². The first-order chi connectivity index (χ1) is 14.4. The fraction of sp³-hybridized carbons (Fsp3) is 0.263. The topological polar surface area (TPSA) is 88.4 Å². The maximum atomic E-state index is 12.8. The summed E-state index contributed by atoms with van der Waals surface area (Å²) in [4.78, 5) is 19.3. The molecule has 0 saturated carbocycles. The monoisotopic (exact) mass is 422 g/mol. The largest absolute Gasteiger partial charge is 0.481 e. The number of hydrogen-bond acceptors (Lipinski definition) is 7. The molecular formula is C19H17F3N4O4. The number of alkyl halides is 3. The quantitative estimate of drug-likeness (QED) is 0.297. The van der Waals surface area contributed by atoms with Crippen molar-refractivity contribution >= 4 is 6.29 Å². The Morgan fingerprint density at radius 3 is 2.77 bits per heavy atom. The average Bonchev–Trinajstić information content (AvgIpc) is 3.17. The summed E-state index contributed by atoms with van der Waals surface area (Å²) in [5, 5.41) is 3.73. The van der Waals surface area contributed by atoms with Crippen molar-refractivity contribution in [3.63, 3.8) is 0 Å². The highest BCUT2D eigenvalue weighted by Crippen LogP contribution is 2.25. The second-order valence-electron chi connectivity index (χ2n) is 5.99. The lowest BCUT2D eigenvalue weighted by Crippen LogP contribution is -2.19. The molecule has 3 aromatic heterocycles. The van der Waals surface area contributed by atoms with E-state index in [4.69, 9.17) is 14.2 Å². The van der Waals surface area contributed by atoms with Gasteiger partial charge >= 0.3 is 6.18 Å². The van der Waals surface area contributed by atoms with Crippen molar-refractivity contribution in [3.05, 3.63) is 54.0 Å². The van der Waals surface area contributed by atoms with Gasteiger partial charge in [0, 0.05) is 24.0 Å². The fourth-order valence-electron chi connectivity index (χ4n) is 2.63. The molecule has 0 bridgehead atoms. The van der Waals surface area contributed by atoms with Gasteiger partial charge in [-0.1, -0.05) is 6.07 Å². The lowest BCUT2D eigenvalue weighted by atomic mass is 10.1. The number of ether oxygens (including phenoxy) is 3. The molecule has 0 N–H and O–H groups in total. The summed E-state index contributed by atoms with van der Waals surface area (Å²) in [6, 6.07) is 6.20. The number of carbonyl (C=O) groups excluding carboxylic acids is 1. The van der Waals surface area contributed by atoms with Gasteiger partial charge in [0.05, 0.1) is 36.9 Å². The van der Waals surface area contributed by atoms with E-state index in [2.05, 4.69) is 15.1 Å². The number of halogens is 3. The lowest BCUT2D eigenvalue weighted by molar-refractivity contribution is -0.142. The molecule has 0 atom stereocenters. The molecule has 0 saturated heterocycles. The van der Waals surface area contributed by atoms with Gasteiger partial charge in [-0.3, -0.25) is 14.5 Å². The molecule has 8 nitrogen and oxygen atoms in total. The smallest absolute Gasteiger partial charge is 0.408 e. The highest BCUT2D eigenvalue weighted by molar-refractivity contribution is 5.79. The summed E-state index contributed by atoms with van der Waals surface area (Å²) in [5.41, 5.74) is 1.33. The van der Waals surface area contributed by atoms with Crippen LogP contribution in [-0.4, -0.2) is 46.1 Å². The Labute approximate surface area is 169 Å². The van der Waals surface area contributed by atoms with Gasteiger partial charge in [0.1, 0.15) is 6.54 Å². The molecule has 3 rings (SSSR count). The number of methoxy groups -OCH3 is 1. The lowest BCUT2D eigenvalue weighted by Gasteiger charge is -2.13. The van der Waals surface area contributed by atoms with Gasteiger partial charge in [0.25, 0.3) is 0 Å².